The Balaban J connectivity index is 1.70. The molecule has 1 aromatic rings. The first-order valence-corrected chi connectivity index (χ1v) is 7.78. The van der Waals surface area contributed by atoms with Gasteiger partial charge in [0.15, 0.2) is 16.6 Å². The molecule has 1 aromatic heterocycles. The summed E-state index contributed by atoms with van der Waals surface area (Å²) in [7, 11) is 0. The molecular weight excluding hydrogens is 268 g/mol. The Morgan fingerprint density at radius 2 is 1.89 bits per heavy atom. The Morgan fingerprint density at radius 3 is 2.44 bits per heavy atom. The van der Waals surface area contributed by atoms with Gasteiger partial charge in [0.2, 0.25) is 0 Å². The molecule has 0 bridgehead atoms. The van der Waals surface area contributed by atoms with Crippen molar-refractivity contribution < 1.29 is 4.79 Å². The SMILES string of the molecule is O=Cc1sc(N2CCC3(CCCC3)CC2)nc1Cl. The van der Waals surface area contributed by atoms with Crippen LogP contribution in [0.5, 0.6) is 0 Å². The average Bonchev–Trinajstić information content (AvgIpc) is 2.98. The molecule has 2 fully saturated rings. The van der Waals surface area contributed by atoms with Gasteiger partial charge in [-0.2, -0.15) is 0 Å². The number of nitrogens with zero attached hydrogens (tertiary/aromatic N) is 2. The molecule has 0 aromatic carbocycles. The van der Waals surface area contributed by atoms with Gasteiger partial charge in [0, 0.05) is 13.1 Å². The van der Waals surface area contributed by atoms with E-state index in [1.165, 1.54) is 49.9 Å². The van der Waals surface area contributed by atoms with Crippen molar-refractivity contribution in [3.8, 4) is 0 Å². The standard InChI is InChI=1S/C13H17ClN2OS/c14-11-10(9-17)18-12(15-11)16-7-5-13(6-8-16)3-1-2-4-13/h9H,1-8H2. The fourth-order valence-corrected chi connectivity index (χ4v) is 4.42. The van der Waals surface area contributed by atoms with E-state index in [-0.39, 0.29) is 0 Å². The number of carbonyl (C=O) groups excluding carboxylic acids is 1. The lowest BCUT2D eigenvalue weighted by Crippen LogP contribution is -2.38. The number of halogens is 1. The molecule has 1 saturated carbocycles. The summed E-state index contributed by atoms with van der Waals surface area (Å²) in [6.07, 6.45) is 8.93. The first-order valence-electron chi connectivity index (χ1n) is 6.59. The van der Waals surface area contributed by atoms with Gasteiger partial charge >= 0.3 is 0 Å². The van der Waals surface area contributed by atoms with Crippen molar-refractivity contribution >= 4 is 34.4 Å². The summed E-state index contributed by atoms with van der Waals surface area (Å²) < 4.78 is 0. The minimum absolute atomic E-state index is 0.353. The number of thiazole rings is 1. The predicted octanol–water partition coefficient (Wildman–Crippen LogP) is 3.77. The highest BCUT2D eigenvalue weighted by molar-refractivity contribution is 7.17. The fraction of sp³-hybridized carbons (Fsp3) is 0.692. The largest absolute Gasteiger partial charge is 0.348 e. The summed E-state index contributed by atoms with van der Waals surface area (Å²) in [4.78, 5) is 17.9. The molecule has 0 radical (unpaired) electrons. The number of carbonyl (C=O) groups is 1. The van der Waals surface area contributed by atoms with Crippen molar-refractivity contribution in [1.82, 2.24) is 4.98 Å². The van der Waals surface area contributed by atoms with Crippen LogP contribution in [-0.2, 0) is 0 Å². The van der Waals surface area contributed by atoms with Crippen molar-refractivity contribution in [3.05, 3.63) is 10.0 Å². The molecule has 3 nitrogen and oxygen atoms in total. The Labute approximate surface area is 116 Å². The van der Waals surface area contributed by atoms with E-state index >= 15 is 0 Å². The molecule has 1 saturated heterocycles. The molecule has 1 aliphatic heterocycles. The first-order chi connectivity index (χ1) is 8.72. The third-order valence-corrected chi connectivity index (χ3v) is 5.91. The van der Waals surface area contributed by atoms with Gasteiger partial charge in [0.25, 0.3) is 0 Å². The van der Waals surface area contributed by atoms with Crippen molar-refractivity contribution in [2.45, 2.75) is 38.5 Å². The summed E-state index contributed by atoms with van der Waals surface area (Å²) in [6.45, 7) is 2.12. The zero-order valence-electron chi connectivity index (χ0n) is 10.3. The number of aldehydes is 1. The van der Waals surface area contributed by atoms with Crippen LogP contribution in [0.4, 0.5) is 5.13 Å². The summed E-state index contributed by atoms with van der Waals surface area (Å²) in [5.74, 6) is 0. The van der Waals surface area contributed by atoms with Crippen LogP contribution in [0.15, 0.2) is 0 Å². The molecule has 1 spiro atoms. The average molecular weight is 285 g/mol. The van der Waals surface area contributed by atoms with Gasteiger partial charge in [-0.05, 0) is 31.1 Å². The number of anilines is 1. The zero-order valence-corrected chi connectivity index (χ0v) is 11.9. The van der Waals surface area contributed by atoms with E-state index in [9.17, 15) is 4.79 Å². The maximum absolute atomic E-state index is 10.8. The number of piperidine rings is 1. The van der Waals surface area contributed by atoms with E-state index in [0.29, 0.717) is 15.4 Å². The Bertz CT molecular complexity index is 444. The van der Waals surface area contributed by atoms with Gasteiger partial charge < -0.3 is 4.90 Å². The van der Waals surface area contributed by atoms with E-state index < -0.39 is 0 Å². The molecule has 1 aliphatic carbocycles. The van der Waals surface area contributed by atoms with Crippen molar-refractivity contribution in [1.29, 1.82) is 0 Å². The van der Waals surface area contributed by atoms with Crippen molar-refractivity contribution in [3.63, 3.8) is 0 Å². The lowest BCUT2D eigenvalue weighted by atomic mass is 9.77. The molecule has 0 atom stereocenters. The van der Waals surface area contributed by atoms with Gasteiger partial charge in [-0.25, -0.2) is 4.98 Å². The lowest BCUT2D eigenvalue weighted by molar-refractivity contribution is 0.112. The van der Waals surface area contributed by atoms with E-state index in [0.717, 1.165) is 24.5 Å². The molecule has 98 valence electrons. The molecule has 5 heteroatoms. The summed E-state index contributed by atoms with van der Waals surface area (Å²) in [6, 6.07) is 0. The Kier molecular flexibility index (Phi) is 3.32. The smallest absolute Gasteiger partial charge is 0.187 e. The Morgan fingerprint density at radius 1 is 1.22 bits per heavy atom. The highest BCUT2D eigenvalue weighted by Gasteiger charge is 2.37. The fourth-order valence-electron chi connectivity index (χ4n) is 3.31. The minimum Gasteiger partial charge on any atom is -0.348 e. The zero-order chi connectivity index (χ0) is 12.6. The molecule has 3 rings (SSSR count). The first kappa shape index (κ1) is 12.4. The van der Waals surface area contributed by atoms with Crippen LogP contribution in [0.3, 0.4) is 0 Å². The minimum atomic E-state index is 0.353. The molecule has 18 heavy (non-hydrogen) atoms. The highest BCUT2D eigenvalue weighted by atomic mass is 35.5. The van der Waals surface area contributed by atoms with Crippen LogP contribution >= 0.6 is 22.9 Å². The van der Waals surface area contributed by atoms with E-state index in [1.807, 2.05) is 0 Å². The molecule has 2 heterocycles. The van der Waals surface area contributed by atoms with E-state index in [1.54, 1.807) is 0 Å². The lowest BCUT2D eigenvalue weighted by Gasteiger charge is -2.39. The van der Waals surface area contributed by atoms with Gasteiger partial charge in [0.1, 0.15) is 4.88 Å². The van der Waals surface area contributed by atoms with Gasteiger partial charge in [-0.15, -0.1) is 0 Å². The molecule has 0 unspecified atom stereocenters. The van der Waals surface area contributed by atoms with Crippen LogP contribution in [0, 0.1) is 5.41 Å². The normalized spacial score (nSPS) is 22.6. The number of aromatic nitrogens is 1. The maximum Gasteiger partial charge on any atom is 0.187 e. The summed E-state index contributed by atoms with van der Waals surface area (Å²) in [5, 5.41) is 1.26. The third kappa shape index (κ3) is 2.16. The van der Waals surface area contributed by atoms with Gasteiger partial charge in [-0.3, -0.25) is 4.79 Å². The molecule has 0 N–H and O–H groups in total. The third-order valence-electron chi connectivity index (χ3n) is 4.46. The quantitative estimate of drug-likeness (QED) is 0.775. The molecular formula is C13H17ClN2OS. The maximum atomic E-state index is 10.8. The second-order valence-corrected chi connectivity index (χ2v) is 6.83. The van der Waals surface area contributed by atoms with E-state index in [2.05, 4.69) is 9.88 Å². The van der Waals surface area contributed by atoms with Crippen molar-refractivity contribution in [2.24, 2.45) is 5.41 Å². The van der Waals surface area contributed by atoms with Crippen LogP contribution in [0.25, 0.3) is 0 Å². The summed E-state index contributed by atoms with van der Waals surface area (Å²) in [5.41, 5.74) is 0.616. The van der Waals surface area contributed by atoms with E-state index in [4.69, 9.17) is 11.6 Å². The number of hydrogen-bond donors (Lipinski definition) is 0. The number of hydrogen-bond acceptors (Lipinski definition) is 4. The van der Waals surface area contributed by atoms with Crippen LogP contribution < -0.4 is 4.90 Å². The molecule has 2 aliphatic rings. The highest BCUT2D eigenvalue weighted by Crippen LogP contribution is 2.47. The van der Waals surface area contributed by atoms with Crippen LogP contribution in [-0.4, -0.2) is 24.4 Å². The van der Waals surface area contributed by atoms with Gasteiger partial charge in [-0.1, -0.05) is 35.8 Å². The predicted molar refractivity (Wildman–Crippen MR) is 74.9 cm³/mol. The topological polar surface area (TPSA) is 33.2 Å². The van der Waals surface area contributed by atoms with Gasteiger partial charge in [0.05, 0.1) is 0 Å². The monoisotopic (exact) mass is 284 g/mol. The van der Waals surface area contributed by atoms with Crippen molar-refractivity contribution in [2.75, 3.05) is 18.0 Å². The van der Waals surface area contributed by atoms with Crippen LogP contribution in [0.2, 0.25) is 5.15 Å². The van der Waals surface area contributed by atoms with Crippen LogP contribution in [0.1, 0.15) is 48.2 Å². The second-order valence-electron chi connectivity index (χ2n) is 5.46. The number of rotatable bonds is 2. The second kappa shape index (κ2) is 4.82. The Hall–Kier alpha value is -0.610. The molecule has 0 amide bonds. The summed E-state index contributed by atoms with van der Waals surface area (Å²) >= 11 is 7.34.